The molecule has 1 aromatic heterocycles. The van der Waals surface area contributed by atoms with Crippen LogP contribution in [0.25, 0.3) is 0 Å². The van der Waals surface area contributed by atoms with Crippen LogP contribution in [0.1, 0.15) is 10.5 Å². The zero-order valence-corrected chi connectivity index (χ0v) is 11.2. The molecule has 94 valence electrons. The Hall–Kier alpha value is -1.82. The monoisotopic (exact) mass is 311 g/mol. The summed E-state index contributed by atoms with van der Waals surface area (Å²) in [6, 6.07) is 6.01. The molecule has 0 radical (unpaired) electrons. The highest BCUT2D eigenvalue weighted by Crippen LogP contribution is 2.25. The Morgan fingerprint density at radius 3 is 2.78 bits per heavy atom. The van der Waals surface area contributed by atoms with Crippen molar-refractivity contribution in [1.29, 1.82) is 0 Å². The molecule has 0 fully saturated rings. The molecular weight excluding hydrogens is 301 g/mol. The summed E-state index contributed by atoms with van der Waals surface area (Å²) in [6.45, 7) is 0. The Bertz CT molecular complexity index is 589. The minimum atomic E-state index is -0.500. The second-order valence-electron chi connectivity index (χ2n) is 3.82. The van der Waals surface area contributed by atoms with Crippen LogP contribution in [0.4, 0.5) is 15.8 Å². The minimum Gasteiger partial charge on any atom is -0.397 e. The van der Waals surface area contributed by atoms with E-state index in [1.165, 1.54) is 12.1 Å². The number of halogens is 2. The predicted octanol–water partition coefficient (Wildman–Crippen LogP) is 2.76. The third-order valence-electron chi connectivity index (χ3n) is 2.46. The lowest BCUT2D eigenvalue weighted by molar-refractivity contribution is 0.101. The molecule has 4 nitrogen and oxygen atoms in total. The number of carbonyl (C=O) groups is 1. The van der Waals surface area contributed by atoms with E-state index >= 15 is 0 Å². The summed E-state index contributed by atoms with van der Waals surface area (Å²) in [5, 5.41) is 2.51. The van der Waals surface area contributed by atoms with Crippen LogP contribution in [0.5, 0.6) is 0 Å². The highest BCUT2D eigenvalue weighted by molar-refractivity contribution is 9.10. The van der Waals surface area contributed by atoms with Gasteiger partial charge in [-0.15, -0.1) is 0 Å². The van der Waals surface area contributed by atoms with Gasteiger partial charge in [-0.3, -0.25) is 4.79 Å². The molecule has 0 aliphatic carbocycles. The van der Waals surface area contributed by atoms with Crippen molar-refractivity contribution in [2.24, 2.45) is 7.05 Å². The van der Waals surface area contributed by atoms with E-state index in [9.17, 15) is 9.18 Å². The quantitative estimate of drug-likeness (QED) is 0.896. The fraction of sp³-hybridized carbons (Fsp3) is 0.0833. The van der Waals surface area contributed by atoms with Gasteiger partial charge >= 0.3 is 0 Å². The van der Waals surface area contributed by atoms with E-state index in [0.717, 1.165) is 0 Å². The predicted molar refractivity (Wildman–Crippen MR) is 71.9 cm³/mol. The number of carbonyl (C=O) groups excluding carboxylic acids is 1. The topological polar surface area (TPSA) is 60.0 Å². The van der Waals surface area contributed by atoms with E-state index in [1.54, 1.807) is 29.9 Å². The van der Waals surface area contributed by atoms with Crippen molar-refractivity contribution in [3.8, 4) is 0 Å². The average molecular weight is 312 g/mol. The van der Waals surface area contributed by atoms with Gasteiger partial charge in [0.1, 0.15) is 11.5 Å². The van der Waals surface area contributed by atoms with Crippen molar-refractivity contribution < 1.29 is 9.18 Å². The standard InChI is InChI=1S/C12H11BrFN3O/c1-17-6-7(15)5-10(17)12(18)16-11-8(13)3-2-4-9(11)14/h2-6H,15H2,1H3,(H,16,18). The van der Waals surface area contributed by atoms with Gasteiger partial charge < -0.3 is 15.6 Å². The zero-order valence-electron chi connectivity index (χ0n) is 9.58. The Balaban J connectivity index is 2.30. The fourth-order valence-corrected chi connectivity index (χ4v) is 2.05. The average Bonchev–Trinajstić information content (AvgIpc) is 2.63. The molecular formula is C12H11BrFN3O. The van der Waals surface area contributed by atoms with Crippen LogP contribution in [0.3, 0.4) is 0 Å². The number of rotatable bonds is 2. The minimum absolute atomic E-state index is 0.113. The van der Waals surface area contributed by atoms with Crippen LogP contribution in [-0.2, 0) is 7.05 Å². The SMILES string of the molecule is Cn1cc(N)cc1C(=O)Nc1c(F)cccc1Br. The van der Waals surface area contributed by atoms with Crippen molar-refractivity contribution in [2.45, 2.75) is 0 Å². The lowest BCUT2D eigenvalue weighted by atomic mass is 10.3. The summed E-state index contributed by atoms with van der Waals surface area (Å²) in [5.74, 6) is -0.917. The molecule has 0 saturated heterocycles. The molecule has 0 unspecified atom stereocenters. The van der Waals surface area contributed by atoms with E-state index in [0.29, 0.717) is 15.9 Å². The second kappa shape index (κ2) is 4.81. The zero-order chi connectivity index (χ0) is 13.3. The molecule has 0 saturated carbocycles. The van der Waals surface area contributed by atoms with Gasteiger partial charge in [-0.1, -0.05) is 6.07 Å². The molecule has 6 heteroatoms. The molecule has 0 spiro atoms. The van der Waals surface area contributed by atoms with Crippen LogP contribution in [0.2, 0.25) is 0 Å². The molecule has 2 aromatic rings. The summed E-state index contributed by atoms with van der Waals surface area (Å²) < 4.78 is 15.6. The Morgan fingerprint density at radius 1 is 1.50 bits per heavy atom. The molecule has 1 aromatic carbocycles. The molecule has 0 aliphatic heterocycles. The van der Waals surface area contributed by atoms with E-state index in [2.05, 4.69) is 21.2 Å². The van der Waals surface area contributed by atoms with Gasteiger partial charge in [0.25, 0.3) is 5.91 Å². The number of hydrogen-bond donors (Lipinski definition) is 2. The van der Waals surface area contributed by atoms with Crippen LogP contribution in [-0.4, -0.2) is 10.5 Å². The first-order valence-corrected chi connectivity index (χ1v) is 5.95. The molecule has 0 bridgehead atoms. The molecule has 2 rings (SSSR count). The largest absolute Gasteiger partial charge is 0.397 e. The summed E-state index contributed by atoms with van der Waals surface area (Å²) >= 11 is 3.19. The number of nitrogens with two attached hydrogens (primary N) is 1. The first-order valence-electron chi connectivity index (χ1n) is 5.16. The molecule has 0 aliphatic rings. The summed E-state index contributed by atoms with van der Waals surface area (Å²) in [4.78, 5) is 12.0. The normalized spacial score (nSPS) is 10.4. The van der Waals surface area contributed by atoms with Crippen molar-refractivity contribution in [1.82, 2.24) is 4.57 Å². The van der Waals surface area contributed by atoms with Crippen molar-refractivity contribution >= 4 is 33.2 Å². The highest BCUT2D eigenvalue weighted by atomic mass is 79.9. The third-order valence-corrected chi connectivity index (χ3v) is 3.12. The van der Waals surface area contributed by atoms with Gasteiger partial charge in [-0.2, -0.15) is 0 Å². The number of nitrogen functional groups attached to an aromatic ring is 1. The number of nitrogens with one attached hydrogen (secondary N) is 1. The lowest BCUT2D eigenvalue weighted by Gasteiger charge is -2.08. The van der Waals surface area contributed by atoms with Gasteiger partial charge in [0.05, 0.1) is 11.4 Å². The maximum absolute atomic E-state index is 13.6. The van der Waals surface area contributed by atoms with Gasteiger partial charge in [0, 0.05) is 17.7 Å². The van der Waals surface area contributed by atoms with Gasteiger partial charge in [-0.25, -0.2) is 4.39 Å². The first kappa shape index (κ1) is 12.6. The Morgan fingerprint density at radius 2 is 2.22 bits per heavy atom. The Kier molecular flexibility index (Phi) is 3.38. The highest BCUT2D eigenvalue weighted by Gasteiger charge is 2.14. The molecule has 0 atom stereocenters. The lowest BCUT2D eigenvalue weighted by Crippen LogP contribution is -2.16. The van der Waals surface area contributed by atoms with E-state index in [4.69, 9.17) is 5.73 Å². The summed E-state index contributed by atoms with van der Waals surface area (Å²) in [5.41, 5.74) is 6.54. The number of nitrogens with zero attached hydrogens (tertiary/aromatic N) is 1. The molecule has 1 heterocycles. The van der Waals surface area contributed by atoms with Gasteiger partial charge in [0.15, 0.2) is 0 Å². The van der Waals surface area contributed by atoms with Crippen molar-refractivity contribution in [3.63, 3.8) is 0 Å². The first-order chi connectivity index (χ1) is 8.49. The number of aryl methyl sites for hydroxylation is 1. The van der Waals surface area contributed by atoms with E-state index < -0.39 is 11.7 Å². The number of anilines is 2. The maximum atomic E-state index is 13.6. The summed E-state index contributed by atoms with van der Waals surface area (Å²) in [7, 11) is 1.70. The number of benzene rings is 1. The smallest absolute Gasteiger partial charge is 0.272 e. The molecule has 18 heavy (non-hydrogen) atoms. The number of aromatic nitrogens is 1. The third kappa shape index (κ3) is 2.38. The summed E-state index contributed by atoms with van der Waals surface area (Å²) in [6.07, 6.45) is 1.62. The Labute approximate surface area is 112 Å². The number of amides is 1. The second-order valence-corrected chi connectivity index (χ2v) is 4.67. The number of hydrogen-bond acceptors (Lipinski definition) is 2. The van der Waals surface area contributed by atoms with Crippen LogP contribution in [0.15, 0.2) is 34.9 Å². The fourth-order valence-electron chi connectivity index (χ4n) is 1.61. The van der Waals surface area contributed by atoms with Crippen LogP contribution >= 0.6 is 15.9 Å². The number of para-hydroxylation sites is 1. The van der Waals surface area contributed by atoms with Crippen molar-refractivity contribution in [3.05, 3.63) is 46.4 Å². The van der Waals surface area contributed by atoms with Crippen molar-refractivity contribution in [2.75, 3.05) is 11.1 Å². The molecule has 3 N–H and O–H groups in total. The van der Waals surface area contributed by atoms with Crippen LogP contribution in [0, 0.1) is 5.82 Å². The van der Waals surface area contributed by atoms with Gasteiger partial charge in [0.2, 0.25) is 0 Å². The van der Waals surface area contributed by atoms with Gasteiger partial charge in [-0.05, 0) is 34.1 Å². The molecule has 1 amide bonds. The van der Waals surface area contributed by atoms with E-state index in [-0.39, 0.29) is 5.69 Å². The van der Waals surface area contributed by atoms with E-state index in [1.807, 2.05) is 0 Å². The van der Waals surface area contributed by atoms with Crippen LogP contribution < -0.4 is 11.1 Å². The maximum Gasteiger partial charge on any atom is 0.272 e.